The lowest BCUT2D eigenvalue weighted by Gasteiger charge is -2.20. The predicted molar refractivity (Wildman–Crippen MR) is 115 cm³/mol. The number of para-hydroxylation sites is 2. The van der Waals surface area contributed by atoms with Crippen LogP contribution in [0.4, 0.5) is 11.6 Å². The molecular formula is C22H23N5O3. The molecule has 2 aromatic heterocycles. The molecule has 0 aliphatic carbocycles. The van der Waals surface area contributed by atoms with Crippen LogP contribution in [0.5, 0.6) is 0 Å². The van der Waals surface area contributed by atoms with E-state index in [0.29, 0.717) is 17.4 Å². The Hall–Kier alpha value is -3.68. The zero-order chi connectivity index (χ0) is 20.8. The van der Waals surface area contributed by atoms with E-state index < -0.39 is 0 Å². The minimum Gasteiger partial charge on any atom is -0.465 e. The Morgan fingerprint density at radius 2 is 1.83 bits per heavy atom. The molecule has 0 atom stereocenters. The fourth-order valence-electron chi connectivity index (χ4n) is 3.32. The van der Waals surface area contributed by atoms with Gasteiger partial charge in [0.2, 0.25) is 11.8 Å². The molecule has 8 nitrogen and oxygen atoms in total. The highest BCUT2D eigenvalue weighted by atomic mass is 16.3. The average molecular weight is 405 g/mol. The topological polar surface area (TPSA) is 100 Å². The summed E-state index contributed by atoms with van der Waals surface area (Å²) >= 11 is 0. The number of hydrogen-bond acceptors (Lipinski definition) is 6. The molecule has 1 aromatic carbocycles. The van der Waals surface area contributed by atoms with E-state index in [4.69, 9.17) is 9.40 Å². The maximum atomic E-state index is 12.5. The zero-order valence-corrected chi connectivity index (χ0v) is 16.5. The number of furan rings is 1. The largest absolute Gasteiger partial charge is 0.465 e. The highest BCUT2D eigenvalue weighted by molar-refractivity contribution is 5.95. The van der Waals surface area contributed by atoms with Gasteiger partial charge in [-0.25, -0.2) is 9.97 Å². The Balaban J connectivity index is 1.37. The molecule has 1 saturated heterocycles. The summed E-state index contributed by atoms with van der Waals surface area (Å²) in [4.78, 5) is 35.8. The van der Waals surface area contributed by atoms with Crippen molar-refractivity contribution in [3.63, 3.8) is 0 Å². The van der Waals surface area contributed by atoms with Crippen molar-refractivity contribution >= 4 is 40.6 Å². The van der Waals surface area contributed by atoms with Crippen LogP contribution in [0, 0.1) is 0 Å². The second-order valence-electron chi connectivity index (χ2n) is 7.02. The van der Waals surface area contributed by atoms with E-state index in [-0.39, 0.29) is 24.8 Å². The smallest absolute Gasteiger partial charge is 0.244 e. The van der Waals surface area contributed by atoms with Crippen molar-refractivity contribution < 1.29 is 14.0 Å². The molecule has 0 spiro atoms. The lowest BCUT2D eigenvalue weighted by molar-refractivity contribution is -0.117. The van der Waals surface area contributed by atoms with Gasteiger partial charge in [0.1, 0.15) is 5.76 Å². The third-order valence-electron chi connectivity index (χ3n) is 4.81. The van der Waals surface area contributed by atoms with Gasteiger partial charge in [0.25, 0.3) is 0 Å². The quantitative estimate of drug-likeness (QED) is 0.586. The van der Waals surface area contributed by atoms with E-state index in [9.17, 15) is 9.59 Å². The second-order valence-corrected chi connectivity index (χ2v) is 7.02. The number of carbonyl (C=O) groups is 2. The van der Waals surface area contributed by atoms with Gasteiger partial charge in [-0.1, -0.05) is 12.1 Å². The summed E-state index contributed by atoms with van der Waals surface area (Å²) in [5.41, 5.74) is 1.53. The highest BCUT2D eigenvalue weighted by Crippen LogP contribution is 2.27. The first-order valence-corrected chi connectivity index (χ1v) is 10.00. The molecule has 1 aliphatic heterocycles. The second kappa shape index (κ2) is 9.21. The van der Waals surface area contributed by atoms with Crippen LogP contribution in [0.2, 0.25) is 0 Å². The number of hydrogen-bond donors (Lipinski definition) is 2. The number of aromatic nitrogens is 2. The molecule has 0 radical (unpaired) electrons. The standard InChI is InChI=1S/C22H23N5O3/c28-19(10-9-16-6-5-15-30-16)23-12-11-20(29)26-21-22(27-13-3-4-14-27)25-18-8-2-1-7-17(18)24-21/h1-2,5-10,15H,3-4,11-14H2,(H,23,28)(H,24,26,29)/b10-9+. The molecule has 0 unspecified atom stereocenters. The van der Waals surface area contributed by atoms with Crippen LogP contribution in [-0.4, -0.2) is 41.4 Å². The summed E-state index contributed by atoms with van der Waals surface area (Å²) in [7, 11) is 0. The predicted octanol–water partition coefficient (Wildman–Crippen LogP) is 2.98. The summed E-state index contributed by atoms with van der Waals surface area (Å²) in [6.07, 6.45) is 6.81. The summed E-state index contributed by atoms with van der Waals surface area (Å²) in [5, 5.41) is 5.56. The third-order valence-corrected chi connectivity index (χ3v) is 4.81. The van der Waals surface area contributed by atoms with E-state index in [1.165, 1.54) is 12.3 Å². The minimum atomic E-state index is -0.289. The molecule has 3 heterocycles. The van der Waals surface area contributed by atoms with Gasteiger partial charge >= 0.3 is 0 Å². The van der Waals surface area contributed by atoms with E-state index in [1.54, 1.807) is 18.2 Å². The lowest BCUT2D eigenvalue weighted by Crippen LogP contribution is -2.27. The van der Waals surface area contributed by atoms with E-state index in [2.05, 4.69) is 20.5 Å². The van der Waals surface area contributed by atoms with Gasteiger partial charge in [0, 0.05) is 32.1 Å². The lowest BCUT2D eigenvalue weighted by atomic mass is 10.3. The number of anilines is 2. The Bertz CT molecular complexity index is 1060. The Morgan fingerprint density at radius 1 is 1.07 bits per heavy atom. The van der Waals surface area contributed by atoms with Crippen molar-refractivity contribution in [1.29, 1.82) is 0 Å². The minimum absolute atomic E-state index is 0.133. The molecule has 30 heavy (non-hydrogen) atoms. The van der Waals surface area contributed by atoms with Gasteiger partial charge in [-0.15, -0.1) is 0 Å². The van der Waals surface area contributed by atoms with E-state index in [0.717, 1.165) is 37.0 Å². The van der Waals surface area contributed by atoms with Crippen molar-refractivity contribution in [2.75, 3.05) is 29.9 Å². The summed E-state index contributed by atoms with van der Waals surface area (Å²) in [6, 6.07) is 11.1. The van der Waals surface area contributed by atoms with Gasteiger partial charge < -0.3 is 20.0 Å². The number of fused-ring (bicyclic) bond motifs is 1. The molecule has 0 saturated carbocycles. The fourth-order valence-corrected chi connectivity index (χ4v) is 3.32. The number of benzene rings is 1. The van der Waals surface area contributed by atoms with Gasteiger partial charge in [0.15, 0.2) is 11.6 Å². The molecule has 154 valence electrons. The normalized spacial score (nSPS) is 13.8. The molecule has 0 bridgehead atoms. The Kier molecular flexibility index (Phi) is 6.03. The third kappa shape index (κ3) is 4.83. The molecule has 1 aliphatic rings. The van der Waals surface area contributed by atoms with Crippen molar-refractivity contribution in [2.24, 2.45) is 0 Å². The van der Waals surface area contributed by atoms with Crippen molar-refractivity contribution in [3.05, 3.63) is 54.5 Å². The monoisotopic (exact) mass is 405 g/mol. The van der Waals surface area contributed by atoms with E-state index in [1.807, 2.05) is 24.3 Å². The number of amides is 2. The first kappa shape index (κ1) is 19.6. The average Bonchev–Trinajstić information content (AvgIpc) is 3.46. The highest BCUT2D eigenvalue weighted by Gasteiger charge is 2.20. The number of nitrogens with zero attached hydrogens (tertiary/aromatic N) is 3. The Labute approximate surface area is 174 Å². The molecule has 4 rings (SSSR count). The molecule has 2 amide bonds. The summed E-state index contributed by atoms with van der Waals surface area (Å²) in [5.74, 6) is 1.24. The molecule has 3 aromatic rings. The van der Waals surface area contributed by atoms with Gasteiger partial charge in [-0.2, -0.15) is 0 Å². The molecular weight excluding hydrogens is 382 g/mol. The van der Waals surface area contributed by atoms with Gasteiger partial charge in [-0.3, -0.25) is 9.59 Å². The van der Waals surface area contributed by atoms with Crippen LogP contribution in [-0.2, 0) is 9.59 Å². The molecule has 2 N–H and O–H groups in total. The first-order chi connectivity index (χ1) is 14.7. The fraction of sp³-hybridized carbons (Fsp3) is 0.273. The van der Waals surface area contributed by atoms with Crippen LogP contribution < -0.4 is 15.5 Å². The summed E-state index contributed by atoms with van der Waals surface area (Å²) < 4.78 is 5.13. The molecule has 1 fully saturated rings. The summed E-state index contributed by atoms with van der Waals surface area (Å²) in [6.45, 7) is 2.01. The van der Waals surface area contributed by atoms with Crippen LogP contribution in [0.25, 0.3) is 17.1 Å². The van der Waals surface area contributed by atoms with Gasteiger partial charge in [-0.05, 0) is 43.2 Å². The maximum Gasteiger partial charge on any atom is 0.244 e. The maximum absolute atomic E-state index is 12.5. The van der Waals surface area contributed by atoms with Crippen LogP contribution in [0.3, 0.4) is 0 Å². The first-order valence-electron chi connectivity index (χ1n) is 10.00. The van der Waals surface area contributed by atoms with Crippen molar-refractivity contribution in [1.82, 2.24) is 15.3 Å². The number of carbonyl (C=O) groups excluding carboxylic acids is 2. The SMILES string of the molecule is O=C(/C=C/c1ccco1)NCCC(=O)Nc1nc2ccccc2nc1N1CCCC1. The Morgan fingerprint density at radius 3 is 2.57 bits per heavy atom. The van der Waals surface area contributed by atoms with Gasteiger partial charge in [0.05, 0.1) is 17.3 Å². The van der Waals surface area contributed by atoms with Crippen LogP contribution in [0.1, 0.15) is 25.0 Å². The number of nitrogens with one attached hydrogen (secondary N) is 2. The number of rotatable bonds is 7. The van der Waals surface area contributed by atoms with Crippen molar-refractivity contribution in [2.45, 2.75) is 19.3 Å². The van der Waals surface area contributed by atoms with Crippen molar-refractivity contribution in [3.8, 4) is 0 Å². The molecule has 8 heteroatoms. The zero-order valence-electron chi connectivity index (χ0n) is 16.5. The van der Waals surface area contributed by atoms with E-state index >= 15 is 0 Å². The van der Waals surface area contributed by atoms with Crippen LogP contribution in [0.15, 0.2) is 53.2 Å². The van der Waals surface area contributed by atoms with Crippen LogP contribution >= 0.6 is 0 Å².